The number of fused-ring (bicyclic) bond motifs is 1. The van der Waals surface area contributed by atoms with E-state index < -0.39 is 23.7 Å². The van der Waals surface area contributed by atoms with Crippen LogP contribution in [0.2, 0.25) is 0 Å². The van der Waals surface area contributed by atoms with Crippen LogP contribution in [0.15, 0.2) is 42.1 Å². The Kier molecular flexibility index (Phi) is 4.77. The molecule has 1 amide bonds. The molecule has 0 radical (unpaired) electrons. The Balaban J connectivity index is 1.83. The fourth-order valence-electron chi connectivity index (χ4n) is 3.54. The van der Waals surface area contributed by atoms with Crippen LogP contribution in [0.3, 0.4) is 0 Å². The largest absolute Gasteiger partial charge is 0.439 e. The van der Waals surface area contributed by atoms with Crippen LogP contribution >= 0.6 is 0 Å². The number of benzene rings is 1. The van der Waals surface area contributed by atoms with E-state index in [0.29, 0.717) is 30.0 Å². The predicted molar refractivity (Wildman–Crippen MR) is 85.8 cm³/mol. The smallest absolute Gasteiger partial charge is 0.362 e. The molecule has 4 nitrogen and oxygen atoms in total. The highest BCUT2D eigenvalue weighted by molar-refractivity contribution is 5.77. The van der Waals surface area contributed by atoms with Crippen molar-refractivity contribution in [2.45, 2.75) is 50.4 Å². The van der Waals surface area contributed by atoms with E-state index in [0.717, 1.165) is 12.0 Å². The first-order chi connectivity index (χ1) is 11.8. The van der Waals surface area contributed by atoms with Crippen molar-refractivity contribution in [3.05, 3.63) is 47.7 Å². The van der Waals surface area contributed by atoms with Crippen LogP contribution in [0.25, 0.3) is 0 Å². The average Bonchev–Trinajstić information content (AvgIpc) is 2.74. The Morgan fingerprint density at radius 1 is 1.28 bits per heavy atom. The van der Waals surface area contributed by atoms with Crippen molar-refractivity contribution in [3.63, 3.8) is 0 Å². The quantitative estimate of drug-likeness (QED) is 0.876. The lowest BCUT2D eigenvalue weighted by atomic mass is 9.89. The van der Waals surface area contributed by atoms with E-state index in [1.165, 1.54) is 0 Å². The van der Waals surface area contributed by atoms with E-state index in [9.17, 15) is 23.1 Å². The van der Waals surface area contributed by atoms with E-state index in [1.807, 2.05) is 30.3 Å². The van der Waals surface area contributed by atoms with Crippen molar-refractivity contribution in [1.82, 2.24) is 10.4 Å². The molecule has 25 heavy (non-hydrogen) atoms. The molecule has 1 aromatic rings. The first-order valence-corrected chi connectivity index (χ1v) is 8.47. The molecule has 1 heterocycles. The number of aryl methyl sites for hydroxylation is 1. The van der Waals surface area contributed by atoms with Gasteiger partial charge in [-0.3, -0.25) is 10.2 Å². The normalized spacial score (nSPS) is 26.5. The van der Waals surface area contributed by atoms with Crippen molar-refractivity contribution in [2.75, 3.05) is 0 Å². The lowest BCUT2D eigenvalue weighted by Gasteiger charge is -2.37. The van der Waals surface area contributed by atoms with Crippen LogP contribution in [-0.2, 0) is 11.2 Å². The zero-order chi connectivity index (χ0) is 18.1. The van der Waals surface area contributed by atoms with Crippen molar-refractivity contribution in [2.24, 2.45) is 5.92 Å². The summed E-state index contributed by atoms with van der Waals surface area (Å²) in [6.45, 7) is 0. The second-order valence-electron chi connectivity index (χ2n) is 6.55. The minimum atomic E-state index is -4.94. The Morgan fingerprint density at radius 2 is 2.00 bits per heavy atom. The molecule has 0 aromatic heterocycles. The highest BCUT2D eigenvalue weighted by atomic mass is 19.4. The van der Waals surface area contributed by atoms with Crippen molar-refractivity contribution in [1.29, 1.82) is 0 Å². The van der Waals surface area contributed by atoms with Crippen LogP contribution in [0.1, 0.15) is 37.7 Å². The van der Waals surface area contributed by atoms with E-state index in [1.54, 1.807) is 6.08 Å². The molecule has 1 aliphatic heterocycles. The third-order valence-corrected chi connectivity index (χ3v) is 4.89. The van der Waals surface area contributed by atoms with Gasteiger partial charge in [0, 0.05) is 12.1 Å². The molecule has 7 heteroatoms. The number of nitrogens with one attached hydrogen (secondary N) is 1. The van der Waals surface area contributed by atoms with Gasteiger partial charge in [0.15, 0.2) is 0 Å². The Labute approximate surface area is 144 Å². The maximum absolute atomic E-state index is 13.7. The molecule has 2 N–H and O–H groups in total. The molecule has 3 rings (SSSR count). The van der Waals surface area contributed by atoms with Crippen molar-refractivity contribution < 1.29 is 23.1 Å². The number of carbonyl (C=O) groups excluding carboxylic acids is 1. The molecule has 1 aliphatic carbocycles. The van der Waals surface area contributed by atoms with Crippen LogP contribution < -0.4 is 5.43 Å². The number of nitrogens with zero attached hydrogens (tertiary/aromatic N) is 1. The summed E-state index contributed by atoms with van der Waals surface area (Å²) in [5, 5.41) is 11.0. The van der Waals surface area contributed by atoms with E-state index in [4.69, 9.17) is 0 Å². The van der Waals surface area contributed by atoms with Gasteiger partial charge in [0.2, 0.25) is 5.91 Å². The molecule has 1 aromatic carbocycles. The van der Waals surface area contributed by atoms with Crippen LogP contribution in [0.5, 0.6) is 0 Å². The standard InChI is InChI=1S/C18H21F3N2O2/c19-18(20,21)17(25)14-9-5-2-6-10-15(14)22-23(17)16(24)12-11-13-7-3-1-4-8-13/h1,3-4,7-8,10,14,22,25H,2,5-6,9,11-12H2/t14-,17-/m1/s1. The maximum Gasteiger partial charge on any atom is 0.439 e. The van der Waals surface area contributed by atoms with Crippen molar-refractivity contribution >= 4 is 5.91 Å². The van der Waals surface area contributed by atoms with Gasteiger partial charge in [0.1, 0.15) is 0 Å². The van der Waals surface area contributed by atoms with Crippen molar-refractivity contribution in [3.8, 4) is 0 Å². The van der Waals surface area contributed by atoms with Gasteiger partial charge in [0.05, 0.1) is 5.92 Å². The number of halogens is 3. The third-order valence-electron chi connectivity index (χ3n) is 4.89. The molecule has 1 fully saturated rings. The average molecular weight is 354 g/mol. The first-order valence-electron chi connectivity index (χ1n) is 8.47. The summed E-state index contributed by atoms with van der Waals surface area (Å²) in [5.74, 6) is -1.92. The number of rotatable bonds is 3. The van der Waals surface area contributed by atoms with E-state index in [2.05, 4.69) is 5.43 Å². The minimum absolute atomic E-state index is 0.116. The highest BCUT2D eigenvalue weighted by Gasteiger charge is 2.68. The fraction of sp³-hybridized carbons (Fsp3) is 0.500. The number of hydrazine groups is 1. The topological polar surface area (TPSA) is 52.6 Å². The van der Waals surface area contributed by atoms with Gasteiger partial charge in [-0.1, -0.05) is 42.8 Å². The zero-order valence-corrected chi connectivity index (χ0v) is 13.7. The molecular formula is C18H21F3N2O2. The van der Waals surface area contributed by atoms with Crippen LogP contribution in [0, 0.1) is 5.92 Å². The van der Waals surface area contributed by atoms with Gasteiger partial charge in [0.25, 0.3) is 5.72 Å². The van der Waals surface area contributed by atoms with E-state index >= 15 is 0 Å². The highest BCUT2D eigenvalue weighted by Crippen LogP contribution is 2.48. The molecule has 0 bridgehead atoms. The predicted octanol–water partition coefficient (Wildman–Crippen LogP) is 3.29. The summed E-state index contributed by atoms with van der Waals surface area (Å²) in [7, 11) is 0. The molecule has 0 unspecified atom stereocenters. The Morgan fingerprint density at radius 3 is 2.68 bits per heavy atom. The van der Waals surface area contributed by atoms with E-state index in [-0.39, 0.29) is 12.8 Å². The molecule has 2 aliphatic rings. The maximum atomic E-state index is 13.7. The second kappa shape index (κ2) is 6.71. The number of alkyl halides is 3. The number of allylic oxidation sites excluding steroid dienone is 1. The fourth-order valence-corrected chi connectivity index (χ4v) is 3.54. The van der Waals surface area contributed by atoms with Gasteiger partial charge in [-0.2, -0.15) is 13.2 Å². The monoisotopic (exact) mass is 354 g/mol. The molecular weight excluding hydrogens is 333 g/mol. The summed E-state index contributed by atoms with van der Waals surface area (Å²) >= 11 is 0. The summed E-state index contributed by atoms with van der Waals surface area (Å²) in [4.78, 5) is 12.5. The summed E-state index contributed by atoms with van der Waals surface area (Å²) in [5.41, 5.74) is 0.500. The van der Waals surface area contributed by atoms with Gasteiger partial charge in [-0.15, -0.1) is 0 Å². The number of amides is 1. The van der Waals surface area contributed by atoms with Gasteiger partial charge < -0.3 is 5.11 Å². The lowest BCUT2D eigenvalue weighted by Crippen LogP contribution is -2.62. The molecule has 2 atom stereocenters. The Hall–Kier alpha value is -2.02. The van der Waals surface area contributed by atoms with Gasteiger partial charge in [-0.05, 0) is 31.2 Å². The Bertz CT molecular complexity index is 660. The summed E-state index contributed by atoms with van der Waals surface area (Å²) in [6, 6.07) is 9.07. The molecule has 1 saturated heterocycles. The number of hydrogen-bond donors (Lipinski definition) is 2. The first kappa shape index (κ1) is 17.8. The number of hydrogen-bond acceptors (Lipinski definition) is 3. The van der Waals surface area contributed by atoms with Gasteiger partial charge in [-0.25, -0.2) is 5.01 Å². The molecule has 0 saturated carbocycles. The summed E-state index contributed by atoms with van der Waals surface area (Å²) < 4.78 is 41.1. The minimum Gasteiger partial charge on any atom is -0.362 e. The lowest BCUT2D eigenvalue weighted by molar-refractivity contribution is -0.318. The third kappa shape index (κ3) is 3.25. The zero-order valence-electron chi connectivity index (χ0n) is 13.7. The number of aliphatic hydroxyl groups is 1. The molecule has 136 valence electrons. The van der Waals surface area contributed by atoms with Gasteiger partial charge >= 0.3 is 6.18 Å². The second-order valence-corrected chi connectivity index (χ2v) is 6.55. The van der Waals surface area contributed by atoms with Crippen LogP contribution in [-0.4, -0.2) is 27.9 Å². The number of carbonyl (C=O) groups is 1. The van der Waals surface area contributed by atoms with Crippen LogP contribution in [0.4, 0.5) is 13.2 Å². The summed E-state index contributed by atoms with van der Waals surface area (Å²) in [6.07, 6.45) is -0.888. The SMILES string of the molecule is O=C(CCc1ccccc1)N1NC2=CCCCC[C@H]2[C@@]1(O)C(F)(F)F. The molecule has 0 spiro atoms.